The number of hydrogen-bond acceptors (Lipinski definition) is 5. The fourth-order valence-corrected chi connectivity index (χ4v) is 3.12. The monoisotopic (exact) mass is 497 g/mol. The first-order valence-electron chi connectivity index (χ1n) is 9.45. The van der Waals surface area contributed by atoms with Gasteiger partial charge < -0.3 is 14.8 Å². The zero-order chi connectivity index (χ0) is 22.1. The van der Waals surface area contributed by atoms with Crippen LogP contribution in [0.3, 0.4) is 0 Å². The lowest BCUT2D eigenvalue weighted by atomic mass is 10.2. The highest BCUT2D eigenvalue weighted by atomic mass is 79.9. The molecule has 0 saturated carbocycles. The Morgan fingerprint density at radius 1 is 1.10 bits per heavy atom. The number of hydrazone groups is 1. The summed E-state index contributed by atoms with van der Waals surface area (Å²) in [7, 11) is 0. The van der Waals surface area contributed by atoms with Gasteiger partial charge in [0.1, 0.15) is 11.5 Å². The van der Waals surface area contributed by atoms with Crippen molar-refractivity contribution in [3.63, 3.8) is 0 Å². The molecule has 0 bridgehead atoms. The summed E-state index contributed by atoms with van der Waals surface area (Å²) in [5, 5.41) is 7.51. The molecule has 0 radical (unpaired) electrons. The fourth-order valence-electron chi connectivity index (χ4n) is 2.57. The number of carbonyl (C=O) groups excluding carboxylic acids is 1. The molecule has 3 aromatic rings. The smallest absolute Gasteiger partial charge is 0.343 e. The maximum absolute atomic E-state index is 12.5. The first-order valence-corrected chi connectivity index (χ1v) is 10.6. The van der Waals surface area contributed by atoms with E-state index in [2.05, 4.69) is 31.8 Å². The molecule has 0 aliphatic rings. The molecule has 0 fully saturated rings. The molecule has 0 amide bonds. The van der Waals surface area contributed by atoms with Crippen molar-refractivity contribution in [1.82, 2.24) is 5.43 Å². The van der Waals surface area contributed by atoms with E-state index >= 15 is 0 Å². The quantitative estimate of drug-likeness (QED) is 0.150. The number of anilines is 1. The minimum atomic E-state index is -0.478. The van der Waals surface area contributed by atoms with Crippen molar-refractivity contribution in [3.8, 4) is 11.5 Å². The van der Waals surface area contributed by atoms with Gasteiger partial charge in [0, 0.05) is 15.7 Å². The van der Waals surface area contributed by atoms with Crippen LogP contribution in [0.15, 0.2) is 82.4 Å². The lowest BCUT2D eigenvalue weighted by molar-refractivity contribution is 0.0734. The summed E-state index contributed by atoms with van der Waals surface area (Å²) in [4.78, 5) is 12.5. The van der Waals surface area contributed by atoms with E-state index in [0.717, 1.165) is 10.2 Å². The maximum atomic E-state index is 12.5. The Balaban J connectivity index is 1.66. The molecule has 158 valence electrons. The third-order valence-corrected chi connectivity index (χ3v) is 4.66. The summed E-state index contributed by atoms with van der Waals surface area (Å²) in [6, 6.07) is 21.6. The van der Waals surface area contributed by atoms with Gasteiger partial charge in [-0.1, -0.05) is 34.1 Å². The predicted molar refractivity (Wildman–Crippen MR) is 130 cm³/mol. The number of para-hydroxylation sites is 1. The van der Waals surface area contributed by atoms with Crippen LogP contribution < -0.4 is 20.2 Å². The first kappa shape index (κ1) is 22.5. The van der Waals surface area contributed by atoms with Gasteiger partial charge in [-0.2, -0.15) is 5.10 Å². The van der Waals surface area contributed by atoms with Gasteiger partial charge >= 0.3 is 5.97 Å². The molecular formula is C23H20BrN3O3S. The number of hydrogen-bond donors (Lipinski definition) is 2. The molecule has 31 heavy (non-hydrogen) atoms. The molecule has 0 heterocycles. The Hall–Kier alpha value is -3.23. The predicted octanol–water partition coefficient (Wildman–Crippen LogP) is 5.39. The number of thiocarbonyl (C=S) groups is 1. The van der Waals surface area contributed by atoms with Crippen LogP contribution in [-0.4, -0.2) is 23.9 Å². The van der Waals surface area contributed by atoms with Gasteiger partial charge in [0.15, 0.2) is 5.11 Å². The fraction of sp³-hybridized carbons (Fsp3) is 0.0870. The summed E-state index contributed by atoms with van der Waals surface area (Å²) in [5.41, 5.74) is 4.62. The van der Waals surface area contributed by atoms with Crippen molar-refractivity contribution in [1.29, 1.82) is 0 Å². The van der Waals surface area contributed by atoms with Crippen molar-refractivity contribution >= 4 is 51.1 Å². The van der Waals surface area contributed by atoms with Crippen molar-refractivity contribution < 1.29 is 14.3 Å². The Labute approximate surface area is 194 Å². The van der Waals surface area contributed by atoms with Crippen LogP contribution in [0.5, 0.6) is 11.5 Å². The van der Waals surface area contributed by atoms with Gasteiger partial charge in [0.2, 0.25) is 0 Å². The number of ether oxygens (including phenoxy) is 2. The molecule has 0 spiro atoms. The van der Waals surface area contributed by atoms with E-state index in [4.69, 9.17) is 21.7 Å². The van der Waals surface area contributed by atoms with Crippen LogP contribution in [0.1, 0.15) is 22.8 Å². The second-order valence-electron chi connectivity index (χ2n) is 6.22. The summed E-state index contributed by atoms with van der Waals surface area (Å²) < 4.78 is 11.8. The Bertz CT molecular complexity index is 1070. The molecule has 0 saturated heterocycles. The van der Waals surface area contributed by atoms with E-state index in [1.807, 2.05) is 37.3 Å². The molecule has 0 aromatic heterocycles. The number of rotatable bonds is 7. The molecule has 3 aromatic carbocycles. The first-order chi connectivity index (χ1) is 15.0. The van der Waals surface area contributed by atoms with Crippen LogP contribution in [0.25, 0.3) is 0 Å². The highest BCUT2D eigenvalue weighted by molar-refractivity contribution is 9.10. The third-order valence-electron chi connectivity index (χ3n) is 3.98. The van der Waals surface area contributed by atoms with E-state index in [1.54, 1.807) is 42.5 Å². The van der Waals surface area contributed by atoms with Gasteiger partial charge in [-0.15, -0.1) is 0 Å². The second-order valence-corrected chi connectivity index (χ2v) is 7.54. The van der Waals surface area contributed by atoms with Crippen LogP contribution in [0.2, 0.25) is 0 Å². The van der Waals surface area contributed by atoms with Crippen LogP contribution in [-0.2, 0) is 0 Å². The zero-order valence-electron chi connectivity index (χ0n) is 16.7. The average molecular weight is 498 g/mol. The number of halogens is 1. The molecule has 3 rings (SSSR count). The van der Waals surface area contributed by atoms with E-state index in [0.29, 0.717) is 34.3 Å². The Kier molecular flexibility index (Phi) is 8.14. The topological polar surface area (TPSA) is 72.0 Å². The zero-order valence-corrected chi connectivity index (χ0v) is 19.1. The lowest BCUT2D eigenvalue weighted by Gasteiger charge is -2.09. The summed E-state index contributed by atoms with van der Waals surface area (Å²) in [6.45, 7) is 2.46. The van der Waals surface area contributed by atoms with Crippen LogP contribution >= 0.6 is 28.1 Å². The highest BCUT2D eigenvalue weighted by Crippen LogP contribution is 2.23. The molecule has 0 unspecified atom stereocenters. The van der Waals surface area contributed by atoms with Crippen LogP contribution in [0.4, 0.5) is 5.69 Å². The number of esters is 1. The van der Waals surface area contributed by atoms with Crippen molar-refractivity contribution in [3.05, 3.63) is 88.4 Å². The standard InChI is InChI=1S/C23H20BrN3O3S/c1-2-29-20-11-8-16(9-12-20)22(28)30-21-13-10-18(24)14-17(21)15-25-27-23(31)26-19-6-4-3-5-7-19/h3-15H,2H2,1H3,(H2,26,27,31)/b25-15+. The molecule has 8 heteroatoms. The van der Waals surface area contributed by atoms with Crippen molar-refractivity contribution in [2.24, 2.45) is 5.10 Å². The van der Waals surface area contributed by atoms with Gasteiger partial charge in [0.05, 0.1) is 18.4 Å². The Morgan fingerprint density at radius 3 is 2.55 bits per heavy atom. The van der Waals surface area contributed by atoms with Crippen molar-refractivity contribution in [2.75, 3.05) is 11.9 Å². The van der Waals surface area contributed by atoms with Gasteiger partial charge in [-0.25, -0.2) is 4.79 Å². The summed E-state index contributed by atoms with van der Waals surface area (Å²) >= 11 is 8.65. The molecule has 0 atom stereocenters. The van der Waals surface area contributed by atoms with Crippen molar-refractivity contribution in [2.45, 2.75) is 6.92 Å². The lowest BCUT2D eigenvalue weighted by Crippen LogP contribution is -2.23. The number of nitrogens with one attached hydrogen (secondary N) is 2. The maximum Gasteiger partial charge on any atom is 0.343 e. The largest absolute Gasteiger partial charge is 0.494 e. The summed E-state index contributed by atoms with van der Waals surface area (Å²) in [6.07, 6.45) is 1.53. The van der Waals surface area contributed by atoms with Crippen LogP contribution in [0, 0.1) is 0 Å². The number of benzene rings is 3. The highest BCUT2D eigenvalue weighted by Gasteiger charge is 2.12. The van der Waals surface area contributed by atoms with Gasteiger partial charge in [-0.3, -0.25) is 5.43 Å². The second kappa shape index (κ2) is 11.2. The SMILES string of the molecule is CCOc1ccc(C(=O)Oc2ccc(Br)cc2/C=N/NC(=S)Nc2ccccc2)cc1. The minimum Gasteiger partial charge on any atom is -0.494 e. The van der Waals surface area contributed by atoms with E-state index in [9.17, 15) is 4.79 Å². The average Bonchev–Trinajstić information content (AvgIpc) is 2.77. The van der Waals surface area contributed by atoms with Gasteiger partial charge in [0.25, 0.3) is 0 Å². The van der Waals surface area contributed by atoms with E-state index in [1.165, 1.54) is 6.21 Å². The normalized spacial score (nSPS) is 10.5. The van der Waals surface area contributed by atoms with Gasteiger partial charge in [-0.05, 0) is 73.7 Å². The third kappa shape index (κ3) is 6.91. The molecule has 6 nitrogen and oxygen atoms in total. The molecule has 0 aliphatic heterocycles. The van der Waals surface area contributed by atoms with E-state index < -0.39 is 5.97 Å². The number of nitrogens with zero attached hydrogens (tertiary/aromatic N) is 1. The molecule has 2 N–H and O–H groups in total. The molecular weight excluding hydrogens is 478 g/mol. The molecule has 0 aliphatic carbocycles. The number of carbonyl (C=O) groups is 1. The Morgan fingerprint density at radius 2 is 1.84 bits per heavy atom. The summed E-state index contributed by atoms with van der Waals surface area (Å²) in [5.74, 6) is 0.588. The van der Waals surface area contributed by atoms with E-state index in [-0.39, 0.29) is 0 Å². The minimum absolute atomic E-state index is 0.338.